The van der Waals surface area contributed by atoms with Crippen LogP contribution in [0.25, 0.3) is 0 Å². The number of halogens is 2. The Labute approximate surface area is 236 Å². The molecule has 0 aliphatic rings. The van der Waals surface area contributed by atoms with Crippen molar-refractivity contribution in [1.29, 1.82) is 0 Å². The van der Waals surface area contributed by atoms with E-state index in [1.54, 1.807) is 26.8 Å². The molecule has 0 amide bonds. The third-order valence-corrected chi connectivity index (χ3v) is 7.78. The van der Waals surface area contributed by atoms with Gasteiger partial charge >= 0.3 is 11.9 Å². The summed E-state index contributed by atoms with van der Waals surface area (Å²) in [7, 11) is -4.25. The smallest absolute Gasteiger partial charge is 0.341 e. The minimum absolute atomic E-state index is 0.0332. The molecule has 0 heterocycles. The van der Waals surface area contributed by atoms with Gasteiger partial charge in [-0.3, -0.25) is 9.59 Å². The monoisotopic (exact) mass is 605 g/mol. The number of ether oxygens (including phenoxy) is 2. The first kappa shape index (κ1) is 32.1. The van der Waals surface area contributed by atoms with Crippen molar-refractivity contribution in [2.45, 2.75) is 62.5 Å². The maximum atomic E-state index is 13.2. The summed E-state index contributed by atoms with van der Waals surface area (Å²) in [5.41, 5.74) is -0.392. The fraction of sp³-hybridized carbons (Fsp3) is 0.400. The molecule has 2 N–H and O–H groups in total. The molecule has 208 valence electrons. The molecule has 0 spiro atoms. The minimum atomic E-state index is -4.25. The number of nitrogens with one attached hydrogen (secondary N) is 1. The molecule has 9 nitrogen and oxygen atoms in total. The van der Waals surface area contributed by atoms with E-state index in [1.807, 2.05) is 0 Å². The first-order valence-electron chi connectivity index (χ1n) is 11.3. The number of thioether (sulfide) groups is 1. The Hall–Kier alpha value is -2.15. The average molecular weight is 607 g/mol. The number of carbonyl (C=O) groups excluding carboxylic acids is 3. The van der Waals surface area contributed by atoms with Crippen LogP contribution in [0, 0.1) is 0 Å². The Morgan fingerprint density at radius 1 is 1.08 bits per heavy atom. The molecule has 0 radical (unpaired) electrons. The predicted molar refractivity (Wildman–Crippen MR) is 146 cm³/mol. The summed E-state index contributed by atoms with van der Waals surface area (Å²) in [5.74, 6) is -1.45. The van der Waals surface area contributed by atoms with Gasteiger partial charge in [-0.05, 0) is 50.6 Å². The number of hydrogen-bond donors (Lipinski definition) is 2. The van der Waals surface area contributed by atoms with Crippen LogP contribution in [-0.4, -0.2) is 54.9 Å². The van der Waals surface area contributed by atoms with Crippen molar-refractivity contribution < 1.29 is 37.4 Å². The number of carbonyl (C=O) groups is 3. The van der Waals surface area contributed by atoms with E-state index in [0.29, 0.717) is 5.56 Å². The zero-order valence-corrected chi connectivity index (χ0v) is 24.3. The van der Waals surface area contributed by atoms with E-state index in [2.05, 4.69) is 4.72 Å². The molecule has 38 heavy (non-hydrogen) atoms. The molecule has 0 saturated carbocycles. The van der Waals surface area contributed by atoms with Crippen molar-refractivity contribution in [3.05, 3.63) is 63.6 Å². The molecule has 13 heteroatoms. The van der Waals surface area contributed by atoms with Crippen LogP contribution in [0.1, 0.15) is 50.0 Å². The Bertz CT molecular complexity index is 1260. The van der Waals surface area contributed by atoms with Crippen LogP contribution in [0.2, 0.25) is 10.0 Å². The van der Waals surface area contributed by atoms with Crippen molar-refractivity contribution in [2.75, 3.05) is 6.61 Å². The van der Waals surface area contributed by atoms with Gasteiger partial charge in [0, 0.05) is 12.7 Å². The molecular formula is C25H29Cl2NO8S2. The standard InChI is InChI=1S/C25H29Cl2NO8S2/c1-15(29)37-14-16-7-5-8-17(11-16)38(33,34)28-20(12-22(31)36-25(2,3)4)21(30)13-35-24(32)23-18(26)9-6-10-19(23)27/h5-11,20-21,28,30H,12-14H2,1-4H3/t20-,21?/m0/s1. The number of benzene rings is 2. The lowest BCUT2D eigenvalue weighted by molar-refractivity contribution is -0.156. The van der Waals surface area contributed by atoms with Crippen LogP contribution in [0.3, 0.4) is 0 Å². The Morgan fingerprint density at radius 2 is 1.68 bits per heavy atom. The fourth-order valence-electron chi connectivity index (χ4n) is 3.12. The number of sulfonamides is 1. The van der Waals surface area contributed by atoms with Gasteiger partial charge in [-0.25, -0.2) is 17.9 Å². The van der Waals surface area contributed by atoms with Gasteiger partial charge in [-0.2, -0.15) is 0 Å². The molecule has 0 aromatic heterocycles. The number of hydrogen-bond acceptors (Lipinski definition) is 9. The zero-order chi connectivity index (χ0) is 28.7. The van der Waals surface area contributed by atoms with E-state index in [0.717, 1.165) is 11.8 Å². The van der Waals surface area contributed by atoms with Gasteiger partial charge in [0.15, 0.2) is 5.12 Å². The van der Waals surface area contributed by atoms with Crippen LogP contribution >= 0.6 is 35.0 Å². The highest BCUT2D eigenvalue weighted by Crippen LogP contribution is 2.25. The highest BCUT2D eigenvalue weighted by Gasteiger charge is 2.31. The van der Waals surface area contributed by atoms with Crippen molar-refractivity contribution >= 4 is 62.0 Å². The topological polar surface area (TPSA) is 136 Å². The first-order valence-corrected chi connectivity index (χ1v) is 14.6. The van der Waals surface area contributed by atoms with Crippen LogP contribution in [-0.2, 0) is 34.8 Å². The van der Waals surface area contributed by atoms with E-state index in [-0.39, 0.29) is 31.4 Å². The van der Waals surface area contributed by atoms with Crippen molar-refractivity contribution in [2.24, 2.45) is 0 Å². The Balaban J connectivity index is 2.25. The van der Waals surface area contributed by atoms with Crippen molar-refractivity contribution in [1.82, 2.24) is 4.72 Å². The second kappa shape index (κ2) is 13.8. The predicted octanol–water partition coefficient (Wildman–Crippen LogP) is 4.37. The molecular weight excluding hydrogens is 577 g/mol. The lowest BCUT2D eigenvalue weighted by Gasteiger charge is -2.26. The normalized spacial score (nSPS) is 13.4. The minimum Gasteiger partial charge on any atom is -0.460 e. The van der Waals surface area contributed by atoms with Crippen molar-refractivity contribution in [3.63, 3.8) is 0 Å². The summed E-state index contributed by atoms with van der Waals surface area (Å²) in [6, 6.07) is 8.89. The van der Waals surface area contributed by atoms with E-state index in [9.17, 15) is 27.9 Å². The number of aliphatic hydroxyl groups excluding tert-OH is 1. The molecule has 0 aliphatic heterocycles. The summed E-state index contributed by atoms with van der Waals surface area (Å²) >= 11 is 13.1. The lowest BCUT2D eigenvalue weighted by atomic mass is 10.1. The van der Waals surface area contributed by atoms with Gasteiger partial charge in [-0.15, -0.1) is 0 Å². The van der Waals surface area contributed by atoms with Gasteiger partial charge in [0.2, 0.25) is 10.0 Å². The molecule has 0 saturated heterocycles. The SMILES string of the molecule is CC(=O)SCc1cccc(S(=O)(=O)N[C@@H](CC(=O)OC(C)(C)C)C(O)COC(=O)c2c(Cl)cccc2Cl)c1. The third kappa shape index (κ3) is 10.2. The summed E-state index contributed by atoms with van der Waals surface area (Å²) in [6.45, 7) is 5.65. The highest BCUT2D eigenvalue weighted by atomic mass is 35.5. The summed E-state index contributed by atoms with van der Waals surface area (Å²) in [4.78, 5) is 36.2. The lowest BCUT2D eigenvalue weighted by Crippen LogP contribution is -2.47. The molecule has 2 atom stereocenters. The molecule has 2 rings (SSSR count). The largest absolute Gasteiger partial charge is 0.460 e. The highest BCUT2D eigenvalue weighted by molar-refractivity contribution is 8.12. The third-order valence-electron chi connectivity index (χ3n) is 4.78. The van der Waals surface area contributed by atoms with Gasteiger partial charge < -0.3 is 14.6 Å². The number of rotatable bonds is 11. The molecule has 0 bridgehead atoms. The summed E-state index contributed by atoms with van der Waals surface area (Å²) < 4.78 is 39.0. The Kier molecular flexibility index (Phi) is 11.6. The van der Waals surface area contributed by atoms with Gasteiger partial charge in [0.05, 0.1) is 33.0 Å². The van der Waals surface area contributed by atoms with Crippen LogP contribution in [0.15, 0.2) is 47.4 Å². The second-order valence-corrected chi connectivity index (χ2v) is 12.9. The quantitative estimate of drug-likeness (QED) is 0.358. The summed E-state index contributed by atoms with van der Waals surface area (Å²) in [6.07, 6.45) is -2.19. The molecule has 1 unspecified atom stereocenters. The number of aliphatic hydroxyl groups is 1. The maximum Gasteiger partial charge on any atom is 0.341 e. The Morgan fingerprint density at radius 3 is 2.26 bits per heavy atom. The number of esters is 2. The van der Waals surface area contributed by atoms with E-state index < -0.39 is 52.7 Å². The van der Waals surface area contributed by atoms with E-state index >= 15 is 0 Å². The molecule has 2 aromatic rings. The van der Waals surface area contributed by atoms with Crippen LogP contribution in [0.4, 0.5) is 0 Å². The molecule has 0 aliphatic carbocycles. The van der Waals surface area contributed by atoms with Gasteiger partial charge in [-0.1, -0.05) is 53.2 Å². The van der Waals surface area contributed by atoms with Crippen molar-refractivity contribution in [3.8, 4) is 0 Å². The van der Waals surface area contributed by atoms with E-state index in [1.165, 1.54) is 43.3 Å². The molecule has 0 fully saturated rings. The summed E-state index contributed by atoms with van der Waals surface area (Å²) in [5, 5.41) is 10.7. The average Bonchev–Trinajstić information content (AvgIpc) is 2.79. The van der Waals surface area contributed by atoms with Crippen LogP contribution < -0.4 is 4.72 Å². The van der Waals surface area contributed by atoms with E-state index in [4.69, 9.17) is 32.7 Å². The second-order valence-electron chi connectivity index (χ2n) is 9.21. The van der Waals surface area contributed by atoms with Gasteiger partial charge in [0.25, 0.3) is 0 Å². The zero-order valence-electron chi connectivity index (χ0n) is 21.2. The van der Waals surface area contributed by atoms with Gasteiger partial charge in [0.1, 0.15) is 18.3 Å². The molecule has 2 aromatic carbocycles. The van der Waals surface area contributed by atoms with Crippen LogP contribution in [0.5, 0.6) is 0 Å². The first-order chi connectivity index (χ1) is 17.6. The maximum absolute atomic E-state index is 13.2. The fourth-order valence-corrected chi connectivity index (χ4v) is 5.56.